The second kappa shape index (κ2) is 8.99. The zero-order valence-electron chi connectivity index (χ0n) is 12.9. The summed E-state index contributed by atoms with van der Waals surface area (Å²) < 4.78 is 10.5. The number of nitrogens with two attached hydrogens (primary N) is 1. The summed E-state index contributed by atoms with van der Waals surface area (Å²) in [4.78, 5) is 30.2. The van der Waals surface area contributed by atoms with Gasteiger partial charge in [-0.3, -0.25) is 14.4 Å². The molecule has 128 valence electrons. The quantitative estimate of drug-likeness (QED) is 0.733. The monoisotopic (exact) mass is 335 g/mol. The molecule has 0 atom stereocenters. The highest BCUT2D eigenvalue weighted by atomic mass is 16.5. The molecule has 2 aromatic rings. The SMILES string of the molecule is COc1ccccc1-c1ccc(C(N)=O)o1.O=C(O)CCC(=O)O. The molecule has 0 unspecified atom stereocenters. The lowest BCUT2D eigenvalue weighted by atomic mass is 10.1. The van der Waals surface area contributed by atoms with Crippen molar-refractivity contribution >= 4 is 17.8 Å². The van der Waals surface area contributed by atoms with Crippen molar-refractivity contribution in [1.82, 2.24) is 0 Å². The summed E-state index contributed by atoms with van der Waals surface area (Å²) in [6.07, 6.45) is -0.593. The van der Waals surface area contributed by atoms with E-state index in [1.807, 2.05) is 24.3 Å². The van der Waals surface area contributed by atoms with E-state index in [1.165, 1.54) is 0 Å². The average molecular weight is 335 g/mol. The largest absolute Gasteiger partial charge is 0.496 e. The van der Waals surface area contributed by atoms with Gasteiger partial charge < -0.3 is 25.1 Å². The van der Waals surface area contributed by atoms with E-state index in [1.54, 1.807) is 19.2 Å². The standard InChI is InChI=1S/C12H11NO3.C4H6O4/c1-15-9-5-3-2-4-8(9)10-6-7-11(16-10)12(13)14;5-3(6)1-2-4(7)8/h2-7H,1H3,(H2,13,14);1-2H2,(H,5,6)(H,7,8). The number of benzene rings is 1. The number of hydrogen-bond acceptors (Lipinski definition) is 5. The fourth-order valence-corrected chi connectivity index (χ4v) is 1.68. The normalized spacial score (nSPS) is 9.54. The lowest BCUT2D eigenvalue weighted by Gasteiger charge is -2.04. The van der Waals surface area contributed by atoms with Gasteiger partial charge in [-0.2, -0.15) is 0 Å². The van der Waals surface area contributed by atoms with Gasteiger partial charge >= 0.3 is 11.9 Å². The molecular weight excluding hydrogens is 318 g/mol. The Kier molecular flexibility index (Phi) is 7.02. The summed E-state index contributed by atoms with van der Waals surface area (Å²) in [5, 5.41) is 15.8. The molecule has 8 heteroatoms. The summed E-state index contributed by atoms with van der Waals surface area (Å²) in [5.74, 6) is -1.35. The maximum atomic E-state index is 10.9. The third-order valence-corrected chi connectivity index (χ3v) is 2.77. The molecule has 1 aromatic heterocycles. The summed E-state index contributed by atoms with van der Waals surface area (Å²) >= 11 is 0. The van der Waals surface area contributed by atoms with Crippen molar-refractivity contribution in [3.63, 3.8) is 0 Å². The number of rotatable bonds is 6. The first-order chi connectivity index (χ1) is 11.3. The van der Waals surface area contributed by atoms with Gasteiger partial charge in [0.2, 0.25) is 0 Å². The molecule has 0 bridgehead atoms. The number of aliphatic carboxylic acids is 2. The van der Waals surface area contributed by atoms with Crippen LogP contribution < -0.4 is 10.5 Å². The van der Waals surface area contributed by atoms with E-state index in [0.717, 1.165) is 5.56 Å². The molecule has 0 aliphatic carbocycles. The van der Waals surface area contributed by atoms with E-state index in [9.17, 15) is 14.4 Å². The van der Waals surface area contributed by atoms with E-state index >= 15 is 0 Å². The minimum absolute atomic E-state index is 0.140. The van der Waals surface area contributed by atoms with Gasteiger partial charge in [0.05, 0.1) is 25.5 Å². The number of amides is 1. The van der Waals surface area contributed by atoms with Crippen LogP contribution in [0.1, 0.15) is 23.4 Å². The summed E-state index contributed by atoms with van der Waals surface area (Å²) in [5.41, 5.74) is 5.90. The van der Waals surface area contributed by atoms with Crippen LogP contribution in [0.25, 0.3) is 11.3 Å². The highest BCUT2D eigenvalue weighted by Gasteiger charge is 2.11. The first-order valence-corrected chi connectivity index (χ1v) is 6.81. The Morgan fingerprint density at radius 2 is 1.62 bits per heavy atom. The zero-order chi connectivity index (χ0) is 18.1. The molecule has 0 aliphatic heterocycles. The Bertz CT molecular complexity index is 707. The van der Waals surface area contributed by atoms with E-state index < -0.39 is 17.8 Å². The third kappa shape index (κ3) is 5.84. The molecule has 0 saturated heterocycles. The number of carbonyl (C=O) groups excluding carboxylic acids is 1. The van der Waals surface area contributed by atoms with Crippen molar-refractivity contribution < 1.29 is 33.8 Å². The van der Waals surface area contributed by atoms with Gasteiger partial charge in [-0.25, -0.2) is 0 Å². The first-order valence-electron chi connectivity index (χ1n) is 6.81. The van der Waals surface area contributed by atoms with Crippen LogP contribution in [-0.4, -0.2) is 35.2 Å². The number of hydrogen-bond donors (Lipinski definition) is 3. The number of para-hydroxylation sites is 1. The number of carbonyl (C=O) groups is 3. The minimum atomic E-state index is -1.08. The molecule has 2 rings (SSSR count). The van der Waals surface area contributed by atoms with Gasteiger partial charge in [0.25, 0.3) is 5.91 Å². The molecule has 0 spiro atoms. The van der Waals surface area contributed by atoms with Gasteiger partial charge in [0, 0.05) is 0 Å². The van der Waals surface area contributed by atoms with Crippen LogP contribution in [0.5, 0.6) is 5.75 Å². The van der Waals surface area contributed by atoms with Crippen molar-refractivity contribution in [2.24, 2.45) is 5.73 Å². The molecule has 1 heterocycles. The Morgan fingerprint density at radius 1 is 1.04 bits per heavy atom. The van der Waals surface area contributed by atoms with Gasteiger partial charge in [0.15, 0.2) is 5.76 Å². The Hall–Kier alpha value is -3.29. The molecule has 1 aromatic carbocycles. The molecule has 1 amide bonds. The predicted molar refractivity (Wildman–Crippen MR) is 83.7 cm³/mol. The maximum Gasteiger partial charge on any atom is 0.303 e. The first kappa shape index (κ1) is 18.8. The third-order valence-electron chi connectivity index (χ3n) is 2.77. The number of carboxylic acid groups (broad SMARTS) is 2. The van der Waals surface area contributed by atoms with E-state index in [-0.39, 0.29) is 18.6 Å². The van der Waals surface area contributed by atoms with Crippen molar-refractivity contribution in [3.8, 4) is 17.1 Å². The van der Waals surface area contributed by atoms with Crippen LogP contribution in [0.3, 0.4) is 0 Å². The van der Waals surface area contributed by atoms with Crippen LogP contribution in [0.2, 0.25) is 0 Å². The van der Waals surface area contributed by atoms with Crippen LogP contribution in [0.4, 0.5) is 0 Å². The fourth-order valence-electron chi connectivity index (χ4n) is 1.68. The molecule has 24 heavy (non-hydrogen) atoms. The molecule has 4 N–H and O–H groups in total. The molecule has 8 nitrogen and oxygen atoms in total. The number of furan rings is 1. The highest BCUT2D eigenvalue weighted by molar-refractivity contribution is 5.90. The molecular formula is C16H17NO7. The zero-order valence-corrected chi connectivity index (χ0v) is 12.9. The molecule has 0 saturated carbocycles. The molecule has 0 aliphatic rings. The minimum Gasteiger partial charge on any atom is -0.496 e. The topological polar surface area (TPSA) is 140 Å². The second-order valence-electron chi connectivity index (χ2n) is 4.52. The number of methoxy groups -OCH3 is 1. The average Bonchev–Trinajstić information content (AvgIpc) is 3.03. The summed E-state index contributed by atoms with van der Waals surface area (Å²) in [6.45, 7) is 0. The van der Waals surface area contributed by atoms with Crippen LogP contribution in [0, 0.1) is 0 Å². The van der Waals surface area contributed by atoms with Gasteiger partial charge in [0.1, 0.15) is 11.5 Å². The van der Waals surface area contributed by atoms with Crippen LogP contribution in [0.15, 0.2) is 40.8 Å². The highest BCUT2D eigenvalue weighted by Crippen LogP contribution is 2.30. The Balaban J connectivity index is 0.000000307. The van der Waals surface area contributed by atoms with Gasteiger partial charge in [-0.15, -0.1) is 0 Å². The second-order valence-corrected chi connectivity index (χ2v) is 4.52. The Labute approximate surface area is 137 Å². The van der Waals surface area contributed by atoms with Crippen molar-refractivity contribution in [2.75, 3.05) is 7.11 Å². The van der Waals surface area contributed by atoms with Crippen LogP contribution >= 0.6 is 0 Å². The smallest absolute Gasteiger partial charge is 0.303 e. The molecule has 0 radical (unpaired) electrons. The summed E-state index contributed by atoms with van der Waals surface area (Å²) in [7, 11) is 1.58. The van der Waals surface area contributed by atoms with Gasteiger partial charge in [-0.05, 0) is 24.3 Å². The molecule has 0 fully saturated rings. The van der Waals surface area contributed by atoms with Crippen LogP contribution in [-0.2, 0) is 9.59 Å². The maximum absolute atomic E-state index is 10.9. The van der Waals surface area contributed by atoms with Crippen molar-refractivity contribution in [3.05, 3.63) is 42.2 Å². The number of carboxylic acids is 2. The predicted octanol–water partition coefficient (Wildman–Crippen LogP) is 1.99. The van der Waals surface area contributed by atoms with E-state index in [0.29, 0.717) is 11.5 Å². The fraction of sp³-hybridized carbons (Fsp3) is 0.188. The van der Waals surface area contributed by atoms with Gasteiger partial charge in [-0.1, -0.05) is 12.1 Å². The van der Waals surface area contributed by atoms with E-state index in [4.69, 9.17) is 25.1 Å². The van der Waals surface area contributed by atoms with Crippen molar-refractivity contribution in [2.45, 2.75) is 12.8 Å². The lowest BCUT2D eigenvalue weighted by molar-refractivity contribution is -0.143. The van der Waals surface area contributed by atoms with E-state index in [2.05, 4.69) is 0 Å². The lowest BCUT2D eigenvalue weighted by Crippen LogP contribution is -2.09. The number of ether oxygens (including phenoxy) is 1. The Morgan fingerprint density at radius 3 is 2.08 bits per heavy atom. The summed E-state index contributed by atoms with van der Waals surface area (Å²) in [6, 6.07) is 10.6. The number of primary amides is 1. The van der Waals surface area contributed by atoms with Crippen molar-refractivity contribution in [1.29, 1.82) is 0 Å².